The normalized spacial score (nSPS) is 10.7. The monoisotopic (exact) mass is 261 g/mol. The van der Waals surface area contributed by atoms with Gasteiger partial charge in [-0.3, -0.25) is 4.68 Å². The summed E-state index contributed by atoms with van der Waals surface area (Å²) >= 11 is 0. The van der Waals surface area contributed by atoms with Crippen LogP contribution in [0.25, 0.3) is 11.4 Å². The highest BCUT2D eigenvalue weighted by atomic mass is 16.5. The van der Waals surface area contributed by atoms with Crippen LogP contribution in [0.2, 0.25) is 0 Å². The largest absolute Gasteiger partial charge is 0.378 e. The molecular weight excluding hydrogens is 242 g/mol. The predicted molar refractivity (Wildman–Crippen MR) is 73.8 cm³/mol. The van der Waals surface area contributed by atoms with Crippen LogP contribution < -0.4 is 5.32 Å². The lowest BCUT2D eigenvalue weighted by molar-refractivity contribution is 0.181. The lowest BCUT2D eigenvalue weighted by atomic mass is 10.3. The topological polar surface area (TPSA) is 64.9 Å². The molecule has 0 fully saturated rings. The standard InChI is InChI=1S/C13H19N5O/c1-4-5-18-8-10(7-15-18)13-16-11(9-19-3)6-12(14-2)17-13/h6-8H,4-5,9H2,1-3H3,(H,14,16,17). The fourth-order valence-electron chi connectivity index (χ4n) is 1.81. The molecule has 102 valence electrons. The van der Waals surface area contributed by atoms with Crippen molar-refractivity contribution < 1.29 is 4.74 Å². The summed E-state index contributed by atoms with van der Waals surface area (Å²) in [6, 6.07) is 1.88. The van der Waals surface area contributed by atoms with Gasteiger partial charge in [-0.25, -0.2) is 9.97 Å². The molecule has 0 aliphatic carbocycles. The van der Waals surface area contributed by atoms with Crippen LogP contribution in [0.5, 0.6) is 0 Å². The van der Waals surface area contributed by atoms with Crippen LogP contribution >= 0.6 is 0 Å². The molecule has 0 aromatic carbocycles. The Morgan fingerprint density at radius 2 is 2.21 bits per heavy atom. The molecule has 6 nitrogen and oxygen atoms in total. The van der Waals surface area contributed by atoms with Gasteiger partial charge in [-0.2, -0.15) is 5.10 Å². The van der Waals surface area contributed by atoms with Gasteiger partial charge in [0.2, 0.25) is 0 Å². The van der Waals surface area contributed by atoms with Crippen molar-refractivity contribution in [2.24, 2.45) is 0 Å². The summed E-state index contributed by atoms with van der Waals surface area (Å²) < 4.78 is 7.03. The number of hydrogen-bond donors (Lipinski definition) is 1. The van der Waals surface area contributed by atoms with Gasteiger partial charge in [0.05, 0.1) is 24.1 Å². The van der Waals surface area contributed by atoms with E-state index in [1.807, 2.05) is 24.0 Å². The third kappa shape index (κ3) is 3.29. The molecule has 0 aliphatic rings. The zero-order valence-corrected chi connectivity index (χ0v) is 11.6. The van der Waals surface area contributed by atoms with E-state index in [1.165, 1.54) is 0 Å². The van der Waals surface area contributed by atoms with Crippen molar-refractivity contribution in [2.45, 2.75) is 26.5 Å². The number of hydrogen-bond acceptors (Lipinski definition) is 5. The SMILES string of the molecule is CCCn1cc(-c2nc(COC)cc(NC)n2)cn1. The van der Waals surface area contributed by atoms with Gasteiger partial charge < -0.3 is 10.1 Å². The first-order chi connectivity index (χ1) is 9.26. The number of rotatable bonds is 6. The Morgan fingerprint density at radius 3 is 2.89 bits per heavy atom. The highest BCUT2D eigenvalue weighted by molar-refractivity contribution is 5.55. The van der Waals surface area contributed by atoms with E-state index in [0.29, 0.717) is 12.4 Å². The Hall–Kier alpha value is -1.95. The first kappa shape index (κ1) is 13.5. The second-order valence-electron chi connectivity index (χ2n) is 4.24. The summed E-state index contributed by atoms with van der Waals surface area (Å²) in [5.74, 6) is 1.45. The smallest absolute Gasteiger partial charge is 0.165 e. The van der Waals surface area contributed by atoms with Gasteiger partial charge in [0.15, 0.2) is 5.82 Å². The molecule has 0 spiro atoms. The molecular formula is C13H19N5O. The van der Waals surface area contributed by atoms with Gasteiger partial charge in [0.25, 0.3) is 0 Å². The van der Waals surface area contributed by atoms with E-state index in [9.17, 15) is 0 Å². The Labute approximate surface area is 112 Å². The maximum absolute atomic E-state index is 5.12. The third-order valence-corrected chi connectivity index (χ3v) is 2.67. The van der Waals surface area contributed by atoms with E-state index in [4.69, 9.17) is 4.74 Å². The molecule has 19 heavy (non-hydrogen) atoms. The van der Waals surface area contributed by atoms with Crippen molar-refractivity contribution >= 4 is 5.82 Å². The fourth-order valence-corrected chi connectivity index (χ4v) is 1.81. The number of aromatic nitrogens is 4. The van der Waals surface area contributed by atoms with Gasteiger partial charge in [-0.1, -0.05) is 6.92 Å². The van der Waals surface area contributed by atoms with Gasteiger partial charge in [0.1, 0.15) is 5.82 Å². The Balaban J connectivity index is 2.33. The van der Waals surface area contributed by atoms with E-state index in [2.05, 4.69) is 27.3 Å². The molecule has 0 unspecified atom stereocenters. The fraction of sp³-hybridized carbons (Fsp3) is 0.462. The number of aryl methyl sites for hydroxylation is 1. The Morgan fingerprint density at radius 1 is 1.37 bits per heavy atom. The van der Waals surface area contributed by atoms with Crippen molar-refractivity contribution in [3.8, 4) is 11.4 Å². The van der Waals surface area contributed by atoms with E-state index in [1.54, 1.807) is 13.3 Å². The first-order valence-electron chi connectivity index (χ1n) is 6.34. The van der Waals surface area contributed by atoms with Crippen molar-refractivity contribution in [1.82, 2.24) is 19.7 Å². The van der Waals surface area contributed by atoms with E-state index in [0.717, 1.165) is 30.0 Å². The molecule has 2 aromatic heterocycles. The summed E-state index contributed by atoms with van der Waals surface area (Å²) in [7, 11) is 3.49. The quantitative estimate of drug-likeness (QED) is 0.860. The van der Waals surface area contributed by atoms with Crippen LogP contribution in [-0.4, -0.2) is 33.9 Å². The molecule has 0 bridgehead atoms. The molecule has 0 saturated heterocycles. The zero-order chi connectivity index (χ0) is 13.7. The number of anilines is 1. The molecule has 2 aromatic rings. The minimum absolute atomic E-state index is 0.466. The number of nitrogens with one attached hydrogen (secondary N) is 1. The van der Waals surface area contributed by atoms with E-state index < -0.39 is 0 Å². The van der Waals surface area contributed by atoms with E-state index in [-0.39, 0.29) is 0 Å². The van der Waals surface area contributed by atoms with Crippen molar-refractivity contribution in [1.29, 1.82) is 0 Å². The molecule has 0 amide bonds. The zero-order valence-electron chi connectivity index (χ0n) is 11.6. The molecule has 0 saturated carbocycles. The van der Waals surface area contributed by atoms with Gasteiger partial charge in [-0.15, -0.1) is 0 Å². The van der Waals surface area contributed by atoms with Crippen LogP contribution in [0.3, 0.4) is 0 Å². The Bertz CT molecular complexity index is 538. The van der Waals surface area contributed by atoms with Crippen molar-refractivity contribution in [3.63, 3.8) is 0 Å². The summed E-state index contributed by atoms with van der Waals surface area (Å²) in [5.41, 5.74) is 1.77. The number of ether oxygens (including phenoxy) is 1. The lowest BCUT2D eigenvalue weighted by Gasteiger charge is -2.06. The molecule has 6 heteroatoms. The molecule has 0 atom stereocenters. The van der Waals surface area contributed by atoms with E-state index >= 15 is 0 Å². The van der Waals surface area contributed by atoms with Crippen LogP contribution in [0.15, 0.2) is 18.5 Å². The minimum atomic E-state index is 0.466. The maximum Gasteiger partial charge on any atom is 0.165 e. The van der Waals surface area contributed by atoms with Crippen molar-refractivity contribution in [3.05, 3.63) is 24.2 Å². The number of methoxy groups -OCH3 is 1. The molecule has 0 aliphatic heterocycles. The van der Waals surface area contributed by atoms with Crippen LogP contribution in [-0.2, 0) is 17.9 Å². The lowest BCUT2D eigenvalue weighted by Crippen LogP contribution is -2.01. The maximum atomic E-state index is 5.12. The summed E-state index contributed by atoms with van der Waals surface area (Å²) in [6.45, 7) is 3.49. The molecule has 0 radical (unpaired) electrons. The average molecular weight is 261 g/mol. The first-order valence-corrected chi connectivity index (χ1v) is 6.34. The van der Waals surface area contributed by atoms with Gasteiger partial charge >= 0.3 is 0 Å². The third-order valence-electron chi connectivity index (χ3n) is 2.67. The minimum Gasteiger partial charge on any atom is -0.378 e. The van der Waals surface area contributed by atoms with Gasteiger partial charge in [-0.05, 0) is 6.42 Å². The summed E-state index contributed by atoms with van der Waals surface area (Å²) in [5, 5.41) is 7.33. The van der Waals surface area contributed by atoms with Crippen LogP contribution in [0, 0.1) is 0 Å². The molecule has 1 N–H and O–H groups in total. The Kier molecular flexibility index (Phi) is 4.46. The van der Waals surface area contributed by atoms with Crippen molar-refractivity contribution in [2.75, 3.05) is 19.5 Å². The van der Waals surface area contributed by atoms with Crippen LogP contribution in [0.4, 0.5) is 5.82 Å². The highest BCUT2D eigenvalue weighted by Crippen LogP contribution is 2.17. The predicted octanol–water partition coefficient (Wildman–Crippen LogP) is 1.94. The van der Waals surface area contributed by atoms with Gasteiger partial charge in [0, 0.05) is 33.0 Å². The second kappa shape index (κ2) is 6.29. The second-order valence-corrected chi connectivity index (χ2v) is 4.24. The average Bonchev–Trinajstić information content (AvgIpc) is 2.88. The molecule has 2 heterocycles. The highest BCUT2D eigenvalue weighted by Gasteiger charge is 2.08. The summed E-state index contributed by atoms with van der Waals surface area (Å²) in [6.07, 6.45) is 4.81. The molecule has 2 rings (SSSR count). The summed E-state index contributed by atoms with van der Waals surface area (Å²) in [4.78, 5) is 8.93. The van der Waals surface area contributed by atoms with Crippen LogP contribution in [0.1, 0.15) is 19.0 Å². The number of nitrogens with zero attached hydrogens (tertiary/aromatic N) is 4.